The first-order valence-corrected chi connectivity index (χ1v) is 6.19. The van der Waals surface area contributed by atoms with Crippen LogP contribution in [0.5, 0.6) is 0 Å². The Bertz CT molecular complexity index is 574. The minimum Gasteiger partial charge on any atom is -0.368 e. The SMILES string of the molecule is Cc1ccc(C)c(-c2cc(C(C)C)nc(N)n2)c1. The normalized spacial score (nSPS) is 10.9. The molecule has 0 spiro atoms. The van der Waals surface area contributed by atoms with Gasteiger partial charge in [-0.1, -0.05) is 31.5 Å². The van der Waals surface area contributed by atoms with Gasteiger partial charge in [-0.2, -0.15) is 0 Å². The first-order chi connectivity index (χ1) is 8.47. The molecule has 1 aromatic heterocycles. The highest BCUT2D eigenvalue weighted by Gasteiger charge is 2.09. The number of rotatable bonds is 2. The molecule has 1 aromatic carbocycles. The summed E-state index contributed by atoms with van der Waals surface area (Å²) in [5, 5.41) is 0. The molecule has 3 heteroatoms. The van der Waals surface area contributed by atoms with Crippen molar-refractivity contribution in [3.05, 3.63) is 41.1 Å². The molecule has 2 N–H and O–H groups in total. The second-order valence-corrected chi connectivity index (χ2v) is 5.01. The number of aryl methyl sites for hydroxylation is 2. The zero-order valence-corrected chi connectivity index (χ0v) is 11.4. The van der Waals surface area contributed by atoms with E-state index in [0.717, 1.165) is 17.0 Å². The topological polar surface area (TPSA) is 51.8 Å². The van der Waals surface area contributed by atoms with Crippen LogP contribution in [-0.2, 0) is 0 Å². The zero-order valence-electron chi connectivity index (χ0n) is 11.4. The largest absolute Gasteiger partial charge is 0.368 e. The zero-order chi connectivity index (χ0) is 13.3. The molecule has 0 fully saturated rings. The molecule has 0 aliphatic carbocycles. The van der Waals surface area contributed by atoms with Crippen molar-refractivity contribution < 1.29 is 0 Å². The Morgan fingerprint density at radius 2 is 1.78 bits per heavy atom. The molecule has 0 aliphatic heterocycles. The lowest BCUT2D eigenvalue weighted by Crippen LogP contribution is -2.02. The fourth-order valence-corrected chi connectivity index (χ4v) is 1.93. The summed E-state index contributed by atoms with van der Waals surface area (Å²) >= 11 is 0. The van der Waals surface area contributed by atoms with E-state index in [9.17, 15) is 0 Å². The Labute approximate surface area is 108 Å². The molecular weight excluding hydrogens is 222 g/mol. The lowest BCUT2D eigenvalue weighted by atomic mass is 10.0. The highest BCUT2D eigenvalue weighted by Crippen LogP contribution is 2.25. The van der Waals surface area contributed by atoms with Crippen molar-refractivity contribution in [3.63, 3.8) is 0 Å². The maximum absolute atomic E-state index is 5.80. The van der Waals surface area contributed by atoms with E-state index in [-0.39, 0.29) is 0 Å². The van der Waals surface area contributed by atoms with Crippen LogP contribution in [0.15, 0.2) is 24.3 Å². The summed E-state index contributed by atoms with van der Waals surface area (Å²) in [6.07, 6.45) is 0. The van der Waals surface area contributed by atoms with Crippen LogP contribution < -0.4 is 5.73 Å². The van der Waals surface area contributed by atoms with Gasteiger partial charge in [0, 0.05) is 11.3 Å². The lowest BCUT2D eigenvalue weighted by Gasteiger charge is -2.10. The highest BCUT2D eigenvalue weighted by molar-refractivity contribution is 5.65. The number of nitrogens with zero attached hydrogens (tertiary/aromatic N) is 2. The number of nitrogens with two attached hydrogens (primary N) is 1. The molecule has 0 saturated heterocycles. The molecule has 1 heterocycles. The van der Waals surface area contributed by atoms with Gasteiger partial charge in [0.1, 0.15) is 0 Å². The molecule has 0 radical (unpaired) electrons. The number of anilines is 1. The van der Waals surface area contributed by atoms with Crippen molar-refractivity contribution in [2.24, 2.45) is 0 Å². The third-order valence-corrected chi connectivity index (χ3v) is 3.02. The van der Waals surface area contributed by atoms with Gasteiger partial charge in [-0.15, -0.1) is 0 Å². The van der Waals surface area contributed by atoms with Crippen LogP contribution in [0.25, 0.3) is 11.3 Å². The van der Waals surface area contributed by atoms with E-state index >= 15 is 0 Å². The Balaban J connectivity index is 2.60. The van der Waals surface area contributed by atoms with E-state index < -0.39 is 0 Å². The van der Waals surface area contributed by atoms with E-state index in [4.69, 9.17) is 5.73 Å². The van der Waals surface area contributed by atoms with Gasteiger partial charge in [-0.05, 0) is 37.5 Å². The summed E-state index contributed by atoms with van der Waals surface area (Å²) in [4.78, 5) is 8.63. The Morgan fingerprint density at radius 3 is 2.44 bits per heavy atom. The predicted octanol–water partition coefficient (Wildman–Crippen LogP) is 3.47. The van der Waals surface area contributed by atoms with Gasteiger partial charge in [-0.25, -0.2) is 9.97 Å². The van der Waals surface area contributed by atoms with Crippen LogP contribution in [0.1, 0.15) is 36.6 Å². The minimum absolute atomic E-state index is 0.345. The Hall–Kier alpha value is -1.90. The van der Waals surface area contributed by atoms with Gasteiger partial charge in [-0.3, -0.25) is 0 Å². The molecule has 0 saturated carbocycles. The number of aromatic nitrogens is 2. The molecule has 0 unspecified atom stereocenters. The van der Waals surface area contributed by atoms with Crippen LogP contribution >= 0.6 is 0 Å². The average Bonchev–Trinajstić information content (AvgIpc) is 2.31. The number of benzene rings is 1. The molecule has 0 bridgehead atoms. The molecule has 3 nitrogen and oxygen atoms in total. The Morgan fingerprint density at radius 1 is 1.06 bits per heavy atom. The van der Waals surface area contributed by atoms with Crippen molar-refractivity contribution >= 4 is 5.95 Å². The molecule has 2 rings (SSSR count). The molecule has 0 amide bonds. The average molecular weight is 241 g/mol. The summed E-state index contributed by atoms with van der Waals surface area (Å²) in [6.45, 7) is 8.38. The molecule has 18 heavy (non-hydrogen) atoms. The van der Waals surface area contributed by atoms with Crippen molar-refractivity contribution in [2.75, 3.05) is 5.73 Å². The van der Waals surface area contributed by atoms with Crippen LogP contribution in [-0.4, -0.2) is 9.97 Å². The third kappa shape index (κ3) is 2.50. The summed E-state index contributed by atoms with van der Waals surface area (Å²) in [7, 11) is 0. The fourth-order valence-electron chi connectivity index (χ4n) is 1.93. The van der Waals surface area contributed by atoms with Crippen molar-refractivity contribution in [1.82, 2.24) is 9.97 Å². The number of hydrogen-bond donors (Lipinski definition) is 1. The second-order valence-electron chi connectivity index (χ2n) is 5.01. The summed E-state index contributed by atoms with van der Waals surface area (Å²) in [6, 6.07) is 8.38. The number of nitrogen functional groups attached to an aromatic ring is 1. The van der Waals surface area contributed by atoms with Gasteiger partial charge in [0.15, 0.2) is 0 Å². The molecular formula is C15H19N3. The van der Waals surface area contributed by atoms with Gasteiger partial charge in [0.25, 0.3) is 0 Å². The predicted molar refractivity (Wildman–Crippen MR) is 75.4 cm³/mol. The van der Waals surface area contributed by atoms with E-state index in [2.05, 4.69) is 55.9 Å². The van der Waals surface area contributed by atoms with E-state index in [1.165, 1.54) is 11.1 Å². The quantitative estimate of drug-likeness (QED) is 0.876. The first-order valence-electron chi connectivity index (χ1n) is 6.19. The Kier molecular flexibility index (Phi) is 3.32. The summed E-state index contributed by atoms with van der Waals surface area (Å²) in [5.74, 6) is 0.691. The van der Waals surface area contributed by atoms with E-state index in [0.29, 0.717) is 11.9 Å². The van der Waals surface area contributed by atoms with Gasteiger partial charge >= 0.3 is 0 Å². The van der Waals surface area contributed by atoms with Crippen LogP contribution in [0.2, 0.25) is 0 Å². The smallest absolute Gasteiger partial charge is 0.220 e. The van der Waals surface area contributed by atoms with Gasteiger partial charge < -0.3 is 5.73 Å². The molecule has 0 aliphatic rings. The first kappa shape index (κ1) is 12.6. The van der Waals surface area contributed by atoms with Crippen LogP contribution in [0.4, 0.5) is 5.95 Å². The van der Waals surface area contributed by atoms with E-state index in [1.54, 1.807) is 0 Å². The second kappa shape index (κ2) is 4.77. The third-order valence-electron chi connectivity index (χ3n) is 3.02. The van der Waals surface area contributed by atoms with Crippen molar-refractivity contribution in [1.29, 1.82) is 0 Å². The van der Waals surface area contributed by atoms with Gasteiger partial charge in [0.05, 0.1) is 5.69 Å². The maximum Gasteiger partial charge on any atom is 0.220 e. The van der Waals surface area contributed by atoms with Crippen molar-refractivity contribution in [3.8, 4) is 11.3 Å². The molecule has 94 valence electrons. The minimum atomic E-state index is 0.345. The summed E-state index contributed by atoms with van der Waals surface area (Å²) in [5.41, 5.74) is 11.2. The highest BCUT2D eigenvalue weighted by atomic mass is 15.0. The van der Waals surface area contributed by atoms with Crippen LogP contribution in [0, 0.1) is 13.8 Å². The monoisotopic (exact) mass is 241 g/mol. The maximum atomic E-state index is 5.80. The van der Waals surface area contributed by atoms with Gasteiger partial charge in [0.2, 0.25) is 5.95 Å². The van der Waals surface area contributed by atoms with E-state index in [1.807, 2.05) is 6.07 Å². The van der Waals surface area contributed by atoms with Crippen LogP contribution in [0.3, 0.4) is 0 Å². The fraction of sp³-hybridized carbons (Fsp3) is 0.333. The molecule has 2 aromatic rings. The lowest BCUT2D eigenvalue weighted by molar-refractivity contribution is 0.819. The van der Waals surface area contributed by atoms with Crippen molar-refractivity contribution in [2.45, 2.75) is 33.6 Å². The standard InChI is InChI=1S/C15H19N3/c1-9(2)13-8-14(18-15(16)17-13)12-7-10(3)5-6-11(12)4/h5-9H,1-4H3,(H2,16,17,18). The number of hydrogen-bond acceptors (Lipinski definition) is 3. The summed E-state index contributed by atoms with van der Waals surface area (Å²) < 4.78 is 0. The molecule has 0 atom stereocenters.